The number of nitrogens with zero attached hydrogens (tertiary/aromatic N) is 1. The molecule has 0 saturated heterocycles. The highest BCUT2D eigenvalue weighted by Gasteiger charge is 2.19. The van der Waals surface area contributed by atoms with Crippen molar-refractivity contribution in [3.63, 3.8) is 0 Å². The zero-order chi connectivity index (χ0) is 9.26. The number of aromatic nitrogens is 2. The lowest BCUT2D eigenvalue weighted by Crippen LogP contribution is -2.03. The summed E-state index contributed by atoms with van der Waals surface area (Å²) in [6.07, 6.45) is 1.35. The van der Waals surface area contributed by atoms with E-state index < -0.39 is 5.97 Å². The second-order valence-corrected chi connectivity index (χ2v) is 2.95. The van der Waals surface area contributed by atoms with E-state index in [0.717, 1.165) is 17.7 Å². The van der Waals surface area contributed by atoms with Crippen LogP contribution in [0.15, 0.2) is 0 Å². The van der Waals surface area contributed by atoms with Gasteiger partial charge in [0.15, 0.2) is 5.69 Å². The molecule has 0 aromatic carbocycles. The molecule has 1 aromatic rings. The van der Waals surface area contributed by atoms with E-state index in [1.54, 1.807) is 0 Å². The predicted octanol–water partition coefficient (Wildman–Crippen LogP) is 0.223. The molecule has 2 heterocycles. The van der Waals surface area contributed by atoms with Crippen molar-refractivity contribution in [2.75, 3.05) is 13.2 Å². The van der Waals surface area contributed by atoms with Gasteiger partial charge in [-0.3, -0.25) is 5.10 Å². The molecule has 0 bridgehead atoms. The molecular weight excluding hydrogens is 172 g/mol. The minimum Gasteiger partial charge on any atom is -0.476 e. The number of carboxylic acid groups (broad SMARTS) is 1. The Kier molecular flexibility index (Phi) is 2.02. The highest BCUT2D eigenvalue weighted by atomic mass is 16.5. The van der Waals surface area contributed by atoms with Crippen molar-refractivity contribution in [3.05, 3.63) is 17.0 Å². The van der Waals surface area contributed by atoms with Crippen LogP contribution in [0.1, 0.15) is 21.7 Å². The largest absolute Gasteiger partial charge is 0.476 e. The van der Waals surface area contributed by atoms with Crippen molar-refractivity contribution in [1.29, 1.82) is 0 Å². The van der Waals surface area contributed by atoms with Gasteiger partial charge in [-0.15, -0.1) is 0 Å². The first-order valence-electron chi connectivity index (χ1n) is 4.16. The molecule has 2 N–H and O–H groups in total. The van der Waals surface area contributed by atoms with Gasteiger partial charge >= 0.3 is 5.97 Å². The van der Waals surface area contributed by atoms with Gasteiger partial charge < -0.3 is 9.84 Å². The summed E-state index contributed by atoms with van der Waals surface area (Å²) in [5, 5.41) is 15.3. The standard InChI is InChI=1S/C8H10N2O3/c11-8(12)7-5-1-3-13-4-2-6(5)9-10-7/h1-4H2,(H,9,10)(H,11,12). The van der Waals surface area contributed by atoms with Gasteiger partial charge in [-0.25, -0.2) is 4.79 Å². The van der Waals surface area contributed by atoms with Crippen LogP contribution >= 0.6 is 0 Å². The minimum atomic E-state index is -0.973. The Hall–Kier alpha value is -1.36. The molecule has 0 aliphatic carbocycles. The molecule has 13 heavy (non-hydrogen) atoms. The Morgan fingerprint density at radius 1 is 1.46 bits per heavy atom. The number of H-pyrrole nitrogens is 1. The number of aromatic amines is 1. The zero-order valence-electron chi connectivity index (χ0n) is 7.04. The Bertz CT molecular complexity index is 332. The third-order valence-corrected chi connectivity index (χ3v) is 2.15. The van der Waals surface area contributed by atoms with Crippen LogP contribution in [0, 0.1) is 0 Å². The molecule has 5 nitrogen and oxygen atoms in total. The molecule has 5 heteroatoms. The fraction of sp³-hybridized carbons (Fsp3) is 0.500. The smallest absolute Gasteiger partial charge is 0.356 e. The maximum atomic E-state index is 10.7. The summed E-state index contributed by atoms with van der Waals surface area (Å²) in [4.78, 5) is 10.7. The molecular formula is C8H10N2O3. The van der Waals surface area contributed by atoms with E-state index in [0.29, 0.717) is 19.6 Å². The molecule has 0 amide bonds. The maximum Gasteiger partial charge on any atom is 0.356 e. The topological polar surface area (TPSA) is 75.2 Å². The second kappa shape index (κ2) is 3.18. The first-order valence-corrected chi connectivity index (χ1v) is 4.16. The predicted molar refractivity (Wildman–Crippen MR) is 43.8 cm³/mol. The Labute approximate surface area is 74.7 Å². The van der Waals surface area contributed by atoms with Crippen molar-refractivity contribution in [2.45, 2.75) is 12.8 Å². The highest BCUT2D eigenvalue weighted by molar-refractivity contribution is 5.87. The van der Waals surface area contributed by atoms with Crippen LogP contribution in [-0.4, -0.2) is 34.5 Å². The average molecular weight is 182 g/mol. The number of aromatic carboxylic acids is 1. The molecule has 0 radical (unpaired) electrons. The van der Waals surface area contributed by atoms with Crippen molar-refractivity contribution < 1.29 is 14.6 Å². The number of nitrogens with one attached hydrogen (secondary N) is 1. The summed E-state index contributed by atoms with van der Waals surface area (Å²) >= 11 is 0. The second-order valence-electron chi connectivity index (χ2n) is 2.95. The maximum absolute atomic E-state index is 10.7. The van der Waals surface area contributed by atoms with E-state index in [1.165, 1.54) is 0 Å². The summed E-state index contributed by atoms with van der Waals surface area (Å²) in [6, 6.07) is 0. The van der Waals surface area contributed by atoms with Gasteiger partial charge in [0.1, 0.15) is 0 Å². The molecule has 0 atom stereocenters. The van der Waals surface area contributed by atoms with E-state index in [4.69, 9.17) is 9.84 Å². The summed E-state index contributed by atoms with van der Waals surface area (Å²) in [5.41, 5.74) is 1.83. The van der Waals surface area contributed by atoms with E-state index >= 15 is 0 Å². The lowest BCUT2D eigenvalue weighted by atomic mass is 10.1. The van der Waals surface area contributed by atoms with Gasteiger partial charge in [0.25, 0.3) is 0 Å². The number of rotatable bonds is 1. The van der Waals surface area contributed by atoms with Gasteiger partial charge in [0, 0.05) is 24.1 Å². The molecule has 1 aromatic heterocycles. The SMILES string of the molecule is O=C(O)c1n[nH]c2c1CCOCC2. The van der Waals surface area contributed by atoms with Gasteiger partial charge in [-0.05, 0) is 0 Å². The molecule has 0 saturated carbocycles. The van der Waals surface area contributed by atoms with Crippen LogP contribution in [-0.2, 0) is 17.6 Å². The molecule has 70 valence electrons. The Morgan fingerprint density at radius 2 is 2.23 bits per heavy atom. The third kappa shape index (κ3) is 1.42. The monoisotopic (exact) mass is 182 g/mol. The first-order chi connectivity index (χ1) is 6.29. The minimum absolute atomic E-state index is 0.139. The van der Waals surface area contributed by atoms with Gasteiger partial charge in [-0.1, -0.05) is 0 Å². The molecule has 0 unspecified atom stereocenters. The summed E-state index contributed by atoms with van der Waals surface area (Å²) < 4.78 is 5.23. The van der Waals surface area contributed by atoms with Gasteiger partial charge in [0.2, 0.25) is 0 Å². The highest BCUT2D eigenvalue weighted by Crippen LogP contribution is 2.15. The first kappa shape index (κ1) is 8.25. The number of hydrogen-bond acceptors (Lipinski definition) is 3. The number of ether oxygens (including phenoxy) is 1. The lowest BCUT2D eigenvalue weighted by molar-refractivity contribution is 0.0688. The van der Waals surface area contributed by atoms with E-state index in [2.05, 4.69) is 10.2 Å². The number of carboxylic acids is 1. The van der Waals surface area contributed by atoms with Crippen LogP contribution in [0.25, 0.3) is 0 Å². The van der Waals surface area contributed by atoms with Crippen molar-refractivity contribution >= 4 is 5.97 Å². The Morgan fingerprint density at radius 3 is 3.00 bits per heavy atom. The molecule has 1 aliphatic rings. The number of hydrogen-bond donors (Lipinski definition) is 2. The fourth-order valence-electron chi connectivity index (χ4n) is 1.50. The molecule has 1 aliphatic heterocycles. The van der Waals surface area contributed by atoms with Crippen LogP contribution in [0.5, 0.6) is 0 Å². The third-order valence-electron chi connectivity index (χ3n) is 2.15. The number of carbonyl (C=O) groups is 1. The Balaban J connectivity index is 2.39. The lowest BCUT2D eigenvalue weighted by Gasteiger charge is -1.95. The average Bonchev–Trinajstić information content (AvgIpc) is 2.36. The van der Waals surface area contributed by atoms with Gasteiger partial charge in [0.05, 0.1) is 13.2 Å². The summed E-state index contributed by atoms with van der Waals surface area (Å²) in [5.74, 6) is -0.973. The summed E-state index contributed by atoms with van der Waals surface area (Å²) in [7, 11) is 0. The van der Waals surface area contributed by atoms with Crippen LogP contribution < -0.4 is 0 Å². The van der Waals surface area contributed by atoms with Crippen molar-refractivity contribution in [3.8, 4) is 0 Å². The van der Waals surface area contributed by atoms with Gasteiger partial charge in [-0.2, -0.15) is 5.10 Å². The molecule has 0 fully saturated rings. The van der Waals surface area contributed by atoms with E-state index in [1.807, 2.05) is 0 Å². The summed E-state index contributed by atoms with van der Waals surface area (Å²) in [6.45, 7) is 1.21. The van der Waals surface area contributed by atoms with E-state index in [9.17, 15) is 4.79 Å². The van der Waals surface area contributed by atoms with Crippen LogP contribution in [0.2, 0.25) is 0 Å². The van der Waals surface area contributed by atoms with Crippen molar-refractivity contribution in [1.82, 2.24) is 10.2 Å². The van der Waals surface area contributed by atoms with Crippen LogP contribution in [0.4, 0.5) is 0 Å². The van der Waals surface area contributed by atoms with Crippen LogP contribution in [0.3, 0.4) is 0 Å². The molecule has 0 spiro atoms. The zero-order valence-corrected chi connectivity index (χ0v) is 7.04. The molecule has 2 rings (SSSR count). The quantitative estimate of drug-likeness (QED) is 0.651. The number of fused-ring (bicyclic) bond motifs is 1. The van der Waals surface area contributed by atoms with E-state index in [-0.39, 0.29) is 5.69 Å². The fourth-order valence-corrected chi connectivity index (χ4v) is 1.50. The van der Waals surface area contributed by atoms with Crippen molar-refractivity contribution in [2.24, 2.45) is 0 Å². The normalized spacial score (nSPS) is 16.3.